The van der Waals surface area contributed by atoms with E-state index in [-0.39, 0.29) is 11.7 Å². The monoisotopic (exact) mass is 253 g/mol. The Kier molecular flexibility index (Phi) is 4.09. The molecule has 0 aromatic heterocycles. The van der Waals surface area contributed by atoms with E-state index in [0.29, 0.717) is 18.3 Å². The average Bonchev–Trinajstić information content (AvgIpc) is 2.94. The van der Waals surface area contributed by atoms with Crippen molar-refractivity contribution in [1.29, 1.82) is 0 Å². The molecule has 1 saturated carbocycles. The zero-order valence-electron chi connectivity index (χ0n) is 11.0. The Hall–Kier alpha value is -1.26. The number of amidine groups is 1. The summed E-state index contributed by atoms with van der Waals surface area (Å²) in [6, 6.07) is 0. The number of hydrogen-bond donors (Lipinski definition) is 2. The minimum absolute atomic E-state index is 0.0431. The highest BCUT2D eigenvalue weighted by Gasteiger charge is 2.40. The first kappa shape index (κ1) is 13.2. The van der Waals surface area contributed by atoms with Gasteiger partial charge in [0.25, 0.3) is 0 Å². The zero-order chi connectivity index (χ0) is 13.1. The molecule has 3 atom stereocenters. The van der Waals surface area contributed by atoms with E-state index >= 15 is 0 Å². The lowest BCUT2D eigenvalue weighted by molar-refractivity contribution is -0.132. The topological polar surface area (TPSA) is 78.9 Å². The van der Waals surface area contributed by atoms with Gasteiger partial charge in [-0.25, -0.2) is 0 Å². The van der Waals surface area contributed by atoms with Crippen LogP contribution < -0.4 is 5.73 Å². The van der Waals surface area contributed by atoms with E-state index in [2.05, 4.69) is 5.16 Å². The van der Waals surface area contributed by atoms with Crippen LogP contribution in [0.25, 0.3) is 0 Å². The Morgan fingerprint density at radius 1 is 1.44 bits per heavy atom. The van der Waals surface area contributed by atoms with Crippen LogP contribution in [0.1, 0.15) is 39.0 Å². The number of amides is 1. The summed E-state index contributed by atoms with van der Waals surface area (Å²) >= 11 is 0. The van der Waals surface area contributed by atoms with Gasteiger partial charge in [-0.15, -0.1) is 0 Å². The lowest BCUT2D eigenvalue weighted by Crippen LogP contribution is -2.41. The SMILES string of the molecule is CCCC(C(=O)N1CC2CCCC2C1)C(N)=NO. The highest BCUT2D eigenvalue weighted by molar-refractivity contribution is 6.02. The highest BCUT2D eigenvalue weighted by Crippen LogP contribution is 2.38. The minimum Gasteiger partial charge on any atom is -0.409 e. The Morgan fingerprint density at radius 3 is 2.56 bits per heavy atom. The molecule has 5 nitrogen and oxygen atoms in total. The van der Waals surface area contributed by atoms with Crippen molar-refractivity contribution in [2.24, 2.45) is 28.6 Å². The van der Waals surface area contributed by atoms with E-state index in [0.717, 1.165) is 19.5 Å². The van der Waals surface area contributed by atoms with Gasteiger partial charge in [0.2, 0.25) is 5.91 Å². The fourth-order valence-corrected chi connectivity index (χ4v) is 3.39. The molecule has 1 saturated heterocycles. The van der Waals surface area contributed by atoms with Crippen molar-refractivity contribution in [2.75, 3.05) is 13.1 Å². The van der Waals surface area contributed by atoms with Crippen molar-refractivity contribution < 1.29 is 10.0 Å². The van der Waals surface area contributed by atoms with Crippen molar-refractivity contribution in [1.82, 2.24) is 4.90 Å². The van der Waals surface area contributed by atoms with E-state index in [1.54, 1.807) is 0 Å². The summed E-state index contributed by atoms with van der Waals surface area (Å²) < 4.78 is 0. The summed E-state index contributed by atoms with van der Waals surface area (Å²) in [4.78, 5) is 14.3. The largest absolute Gasteiger partial charge is 0.409 e. The van der Waals surface area contributed by atoms with Crippen LogP contribution in [0.2, 0.25) is 0 Å². The van der Waals surface area contributed by atoms with E-state index in [1.807, 2.05) is 11.8 Å². The lowest BCUT2D eigenvalue weighted by Gasteiger charge is -2.23. The molecule has 3 N–H and O–H groups in total. The van der Waals surface area contributed by atoms with E-state index in [1.165, 1.54) is 19.3 Å². The number of carbonyl (C=O) groups is 1. The van der Waals surface area contributed by atoms with Crippen molar-refractivity contribution in [3.8, 4) is 0 Å². The molecule has 18 heavy (non-hydrogen) atoms. The molecule has 2 aliphatic rings. The number of fused-ring (bicyclic) bond motifs is 1. The summed E-state index contributed by atoms with van der Waals surface area (Å²) in [5.41, 5.74) is 5.64. The lowest BCUT2D eigenvalue weighted by atomic mass is 10.0. The first-order valence-corrected chi connectivity index (χ1v) is 6.93. The Balaban J connectivity index is 2.01. The highest BCUT2D eigenvalue weighted by atomic mass is 16.4. The molecular weight excluding hydrogens is 230 g/mol. The first-order valence-electron chi connectivity index (χ1n) is 6.93. The third-order valence-corrected chi connectivity index (χ3v) is 4.39. The van der Waals surface area contributed by atoms with E-state index in [9.17, 15) is 4.79 Å². The van der Waals surface area contributed by atoms with Gasteiger partial charge in [0.1, 0.15) is 0 Å². The summed E-state index contributed by atoms with van der Waals surface area (Å²) in [6.07, 6.45) is 5.30. The normalized spacial score (nSPS) is 29.4. The number of nitrogens with zero attached hydrogens (tertiary/aromatic N) is 2. The van der Waals surface area contributed by atoms with Crippen LogP contribution in [0.4, 0.5) is 0 Å². The third kappa shape index (κ3) is 2.44. The van der Waals surface area contributed by atoms with Crippen LogP contribution in [0.15, 0.2) is 5.16 Å². The van der Waals surface area contributed by atoms with Crippen LogP contribution in [0, 0.1) is 17.8 Å². The van der Waals surface area contributed by atoms with Crippen LogP contribution in [0.5, 0.6) is 0 Å². The molecule has 1 amide bonds. The summed E-state index contributed by atoms with van der Waals surface area (Å²) in [7, 11) is 0. The molecule has 1 aliphatic heterocycles. The van der Waals surface area contributed by atoms with Gasteiger partial charge in [-0.1, -0.05) is 24.9 Å². The Bertz CT molecular complexity index is 331. The third-order valence-electron chi connectivity index (χ3n) is 4.39. The summed E-state index contributed by atoms with van der Waals surface area (Å²) in [6.45, 7) is 3.73. The molecule has 0 aromatic carbocycles. The molecule has 5 heteroatoms. The van der Waals surface area contributed by atoms with E-state index in [4.69, 9.17) is 10.9 Å². The standard InChI is InChI=1S/C13H23N3O2/c1-2-4-11(12(14)15-18)13(17)16-7-9-5-3-6-10(9)8-16/h9-11,18H,2-8H2,1H3,(H2,14,15). The fraction of sp³-hybridized carbons (Fsp3) is 0.846. The van der Waals surface area contributed by atoms with Gasteiger partial charge in [-0.3, -0.25) is 4.79 Å². The second kappa shape index (κ2) is 5.59. The maximum absolute atomic E-state index is 12.4. The zero-order valence-corrected chi connectivity index (χ0v) is 11.0. The predicted molar refractivity (Wildman–Crippen MR) is 69.2 cm³/mol. The van der Waals surface area contributed by atoms with Gasteiger partial charge >= 0.3 is 0 Å². The maximum atomic E-state index is 12.4. The second-order valence-corrected chi connectivity index (χ2v) is 5.56. The van der Waals surface area contributed by atoms with Gasteiger partial charge in [-0.05, 0) is 31.1 Å². The van der Waals surface area contributed by atoms with Gasteiger partial charge < -0.3 is 15.8 Å². The van der Waals surface area contributed by atoms with Crippen LogP contribution in [0.3, 0.4) is 0 Å². The molecule has 0 bridgehead atoms. The molecular formula is C13H23N3O2. The van der Waals surface area contributed by atoms with E-state index < -0.39 is 5.92 Å². The molecule has 0 radical (unpaired) electrons. The fourth-order valence-electron chi connectivity index (χ4n) is 3.39. The number of oxime groups is 1. The second-order valence-electron chi connectivity index (χ2n) is 5.56. The van der Waals surface area contributed by atoms with Crippen molar-refractivity contribution in [3.63, 3.8) is 0 Å². The van der Waals surface area contributed by atoms with Gasteiger partial charge in [0.05, 0.1) is 5.92 Å². The molecule has 2 fully saturated rings. The predicted octanol–water partition coefficient (Wildman–Crippen LogP) is 1.41. The number of carbonyl (C=O) groups excluding carboxylic acids is 1. The van der Waals surface area contributed by atoms with Crippen LogP contribution in [-0.4, -0.2) is 34.9 Å². The molecule has 2 rings (SSSR count). The van der Waals surface area contributed by atoms with Gasteiger partial charge in [0, 0.05) is 13.1 Å². The van der Waals surface area contributed by atoms with Gasteiger partial charge in [0.15, 0.2) is 5.84 Å². The van der Waals surface area contributed by atoms with Crippen molar-refractivity contribution in [2.45, 2.75) is 39.0 Å². The first-order chi connectivity index (χ1) is 8.67. The smallest absolute Gasteiger partial charge is 0.233 e. The molecule has 1 heterocycles. The number of rotatable bonds is 4. The minimum atomic E-state index is -0.446. The van der Waals surface area contributed by atoms with Gasteiger partial charge in [-0.2, -0.15) is 0 Å². The molecule has 102 valence electrons. The Morgan fingerprint density at radius 2 is 2.06 bits per heavy atom. The molecule has 3 unspecified atom stereocenters. The van der Waals surface area contributed by atoms with Crippen LogP contribution in [-0.2, 0) is 4.79 Å². The maximum Gasteiger partial charge on any atom is 0.233 e. The molecule has 1 aliphatic carbocycles. The molecule has 0 aromatic rings. The van der Waals surface area contributed by atoms with Crippen molar-refractivity contribution >= 4 is 11.7 Å². The summed E-state index contributed by atoms with van der Waals surface area (Å²) in [5, 5.41) is 11.8. The quantitative estimate of drug-likeness (QED) is 0.344. The number of likely N-dealkylation sites (tertiary alicyclic amines) is 1. The number of hydrogen-bond acceptors (Lipinski definition) is 3. The van der Waals surface area contributed by atoms with Crippen LogP contribution >= 0.6 is 0 Å². The molecule has 0 spiro atoms. The summed E-state index contributed by atoms with van der Waals surface area (Å²) in [5.74, 6) is 1.02. The average molecular weight is 253 g/mol. The Labute approximate surface area is 108 Å². The number of nitrogens with two attached hydrogens (primary N) is 1. The van der Waals surface area contributed by atoms with Crippen molar-refractivity contribution in [3.05, 3.63) is 0 Å².